The molecular formula is C7H10N2O3. The van der Waals surface area contributed by atoms with E-state index in [1.54, 1.807) is 13.8 Å². The molecule has 0 spiro atoms. The SMILES string of the molecule is CCOC(=O)Oc1c[nH]c(C)n1. The molecule has 1 aromatic heterocycles. The van der Waals surface area contributed by atoms with Crippen LogP contribution in [0.4, 0.5) is 4.79 Å². The van der Waals surface area contributed by atoms with Crippen molar-refractivity contribution in [1.29, 1.82) is 0 Å². The molecule has 0 atom stereocenters. The second kappa shape index (κ2) is 3.75. The van der Waals surface area contributed by atoms with E-state index in [0.29, 0.717) is 12.4 Å². The van der Waals surface area contributed by atoms with E-state index in [2.05, 4.69) is 19.4 Å². The number of aromatic nitrogens is 2. The summed E-state index contributed by atoms with van der Waals surface area (Å²) < 4.78 is 9.21. The molecule has 0 aliphatic carbocycles. The van der Waals surface area contributed by atoms with Gasteiger partial charge in [0.1, 0.15) is 5.82 Å². The first-order valence-electron chi connectivity index (χ1n) is 3.59. The first-order valence-corrected chi connectivity index (χ1v) is 3.59. The Hall–Kier alpha value is -1.52. The minimum atomic E-state index is -0.732. The van der Waals surface area contributed by atoms with Crippen molar-refractivity contribution in [3.63, 3.8) is 0 Å². The number of hydrogen-bond acceptors (Lipinski definition) is 4. The molecule has 0 radical (unpaired) electrons. The van der Waals surface area contributed by atoms with Gasteiger partial charge in [0.15, 0.2) is 0 Å². The second-order valence-corrected chi connectivity index (χ2v) is 2.11. The van der Waals surface area contributed by atoms with Gasteiger partial charge in [-0.25, -0.2) is 4.79 Å². The van der Waals surface area contributed by atoms with Gasteiger partial charge >= 0.3 is 6.16 Å². The molecule has 0 bridgehead atoms. The maximum Gasteiger partial charge on any atom is 0.515 e. The van der Waals surface area contributed by atoms with Crippen molar-refractivity contribution in [2.24, 2.45) is 0 Å². The average Bonchev–Trinajstić information content (AvgIpc) is 2.36. The number of aryl methyl sites for hydroxylation is 1. The molecule has 0 saturated heterocycles. The number of hydrogen-bond donors (Lipinski definition) is 1. The minimum absolute atomic E-state index is 0.228. The number of H-pyrrole nitrogens is 1. The highest BCUT2D eigenvalue weighted by Crippen LogP contribution is 2.05. The molecule has 0 unspecified atom stereocenters. The summed E-state index contributed by atoms with van der Waals surface area (Å²) >= 11 is 0. The molecule has 1 aromatic rings. The minimum Gasteiger partial charge on any atom is -0.434 e. The van der Waals surface area contributed by atoms with Crippen molar-refractivity contribution in [3.8, 4) is 5.88 Å². The van der Waals surface area contributed by atoms with Crippen molar-refractivity contribution in [2.75, 3.05) is 6.61 Å². The number of ether oxygens (including phenoxy) is 2. The number of aromatic amines is 1. The van der Waals surface area contributed by atoms with Crippen LogP contribution in [0, 0.1) is 6.92 Å². The van der Waals surface area contributed by atoms with Crippen molar-refractivity contribution >= 4 is 6.16 Å². The molecule has 12 heavy (non-hydrogen) atoms. The van der Waals surface area contributed by atoms with Crippen LogP contribution in [0.15, 0.2) is 6.20 Å². The highest BCUT2D eigenvalue weighted by molar-refractivity contribution is 5.62. The monoisotopic (exact) mass is 170 g/mol. The van der Waals surface area contributed by atoms with Gasteiger partial charge in [-0.05, 0) is 13.8 Å². The Kier molecular flexibility index (Phi) is 2.68. The van der Waals surface area contributed by atoms with Crippen LogP contribution in [0.5, 0.6) is 5.88 Å². The fourth-order valence-electron chi connectivity index (χ4n) is 0.681. The van der Waals surface area contributed by atoms with Crippen LogP contribution >= 0.6 is 0 Å². The summed E-state index contributed by atoms with van der Waals surface area (Å²) in [5, 5.41) is 0. The molecular weight excluding hydrogens is 160 g/mol. The molecule has 5 nitrogen and oxygen atoms in total. The Morgan fingerprint density at radius 2 is 2.50 bits per heavy atom. The summed E-state index contributed by atoms with van der Waals surface area (Å²) in [5.74, 6) is 0.917. The van der Waals surface area contributed by atoms with Crippen LogP contribution in [0.1, 0.15) is 12.7 Å². The zero-order valence-corrected chi connectivity index (χ0v) is 6.96. The smallest absolute Gasteiger partial charge is 0.434 e. The van der Waals surface area contributed by atoms with Gasteiger partial charge in [0, 0.05) is 0 Å². The molecule has 5 heteroatoms. The first kappa shape index (κ1) is 8.58. The van der Waals surface area contributed by atoms with Crippen molar-refractivity contribution in [2.45, 2.75) is 13.8 Å². The predicted octanol–water partition coefficient (Wildman–Crippen LogP) is 1.25. The molecule has 0 aliphatic rings. The van der Waals surface area contributed by atoms with E-state index < -0.39 is 6.16 Å². The lowest BCUT2D eigenvalue weighted by Gasteiger charge is -1.98. The topological polar surface area (TPSA) is 64.2 Å². The summed E-state index contributed by atoms with van der Waals surface area (Å²) in [6.07, 6.45) is 0.760. The quantitative estimate of drug-likeness (QED) is 0.678. The highest BCUT2D eigenvalue weighted by Gasteiger charge is 2.06. The third-order valence-corrected chi connectivity index (χ3v) is 1.13. The Morgan fingerprint density at radius 1 is 1.75 bits per heavy atom. The molecule has 1 heterocycles. The molecule has 1 rings (SSSR count). The second-order valence-electron chi connectivity index (χ2n) is 2.11. The van der Waals surface area contributed by atoms with Gasteiger partial charge in [-0.3, -0.25) is 0 Å². The lowest BCUT2D eigenvalue weighted by atomic mass is 10.8. The van der Waals surface area contributed by atoms with Crippen molar-refractivity contribution in [3.05, 3.63) is 12.0 Å². The van der Waals surface area contributed by atoms with E-state index >= 15 is 0 Å². The predicted molar refractivity (Wildman–Crippen MR) is 41.0 cm³/mol. The summed E-state index contributed by atoms with van der Waals surface area (Å²) in [6, 6.07) is 0. The van der Waals surface area contributed by atoms with E-state index in [0.717, 1.165) is 0 Å². The number of rotatable bonds is 2. The Labute approximate surface area is 69.7 Å². The molecule has 0 fully saturated rings. The Bertz CT molecular complexity index is 269. The van der Waals surface area contributed by atoms with Gasteiger partial charge in [0.25, 0.3) is 0 Å². The zero-order valence-electron chi connectivity index (χ0n) is 6.96. The van der Waals surface area contributed by atoms with Gasteiger partial charge in [0.2, 0.25) is 5.88 Å². The third-order valence-electron chi connectivity index (χ3n) is 1.13. The fraction of sp³-hybridized carbons (Fsp3) is 0.429. The molecule has 0 amide bonds. The van der Waals surface area contributed by atoms with Gasteiger partial charge in [-0.1, -0.05) is 0 Å². The van der Waals surface area contributed by atoms with Crippen LogP contribution < -0.4 is 4.74 Å². The van der Waals surface area contributed by atoms with Crippen molar-refractivity contribution < 1.29 is 14.3 Å². The van der Waals surface area contributed by atoms with Crippen molar-refractivity contribution in [1.82, 2.24) is 9.97 Å². The number of carbonyl (C=O) groups excluding carboxylic acids is 1. The third kappa shape index (κ3) is 2.26. The van der Waals surface area contributed by atoms with Gasteiger partial charge in [0.05, 0.1) is 12.8 Å². The van der Waals surface area contributed by atoms with E-state index in [4.69, 9.17) is 0 Å². The van der Waals surface area contributed by atoms with Crippen LogP contribution in [-0.4, -0.2) is 22.7 Å². The van der Waals surface area contributed by atoms with E-state index in [9.17, 15) is 4.79 Å². The van der Waals surface area contributed by atoms with Crippen LogP contribution in [0.25, 0.3) is 0 Å². The molecule has 66 valence electrons. The maximum absolute atomic E-state index is 10.7. The molecule has 0 saturated carbocycles. The molecule has 1 N–H and O–H groups in total. The zero-order chi connectivity index (χ0) is 8.97. The van der Waals surface area contributed by atoms with Gasteiger partial charge in [-0.15, -0.1) is 0 Å². The van der Waals surface area contributed by atoms with E-state index in [1.165, 1.54) is 6.20 Å². The fourth-order valence-corrected chi connectivity index (χ4v) is 0.681. The van der Waals surface area contributed by atoms with Gasteiger partial charge in [-0.2, -0.15) is 4.98 Å². The first-order chi connectivity index (χ1) is 5.72. The number of nitrogens with zero attached hydrogens (tertiary/aromatic N) is 1. The van der Waals surface area contributed by atoms with E-state index in [1.807, 2.05) is 0 Å². The lowest BCUT2D eigenvalue weighted by Crippen LogP contribution is -2.10. The highest BCUT2D eigenvalue weighted by atomic mass is 16.7. The van der Waals surface area contributed by atoms with Crippen LogP contribution in [-0.2, 0) is 4.74 Å². The summed E-state index contributed by atoms with van der Waals surface area (Å²) in [7, 11) is 0. The number of carbonyl (C=O) groups is 1. The Balaban J connectivity index is 2.46. The summed E-state index contributed by atoms with van der Waals surface area (Å²) in [5.41, 5.74) is 0. The maximum atomic E-state index is 10.7. The summed E-state index contributed by atoms with van der Waals surface area (Å²) in [4.78, 5) is 17.3. The normalized spacial score (nSPS) is 9.50. The largest absolute Gasteiger partial charge is 0.515 e. The standard InChI is InChI=1S/C7H10N2O3/c1-3-11-7(10)12-6-4-8-5(2)9-6/h4H,3H2,1-2H3,(H,8,9). The van der Waals surface area contributed by atoms with Gasteiger partial charge < -0.3 is 14.5 Å². The molecule has 0 aliphatic heterocycles. The van der Waals surface area contributed by atoms with E-state index in [-0.39, 0.29) is 5.88 Å². The number of nitrogens with one attached hydrogen (secondary N) is 1. The lowest BCUT2D eigenvalue weighted by molar-refractivity contribution is 0.103. The molecule has 0 aromatic carbocycles. The summed E-state index contributed by atoms with van der Waals surface area (Å²) in [6.45, 7) is 3.76. The Morgan fingerprint density at radius 3 is 3.00 bits per heavy atom. The number of imidazole rings is 1. The van der Waals surface area contributed by atoms with Crippen LogP contribution in [0.2, 0.25) is 0 Å². The van der Waals surface area contributed by atoms with Crippen LogP contribution in [0.3, 0.4) is 0 Å². The average molecular weight is 170 g/mol.